The van der Waals surface area contributed by atoms with E-state index in [1.165, 1.54) is 5.56 Å². The topological polar surface area (TPSA) is 64.4 Å². The largest absolute Gasteiger partial charge is 0.477 e. The number of pyridine rings is 1. The summed E-state index contributed by atoms with van der Waals surface area (Å²) in [6.45, 7) is 2.33. The predicted octanol–water partition coefficient (Wildman–Crippen LogP) is 1.87. The van der Waals surface area contributed by atoms with Gasteiger partial charge >= 0.3 is 0 Å². The van der Waals surface area contributed by atoms with Crippen LogP contribution in [0.1, 0.15) is 29.7 Å². The molecular weight excluding hydrogens is 256 g/mol. The maximum atomic E-state index is 9.14. The van der Waals surface area contributed by atoms with E-state index in [2.05, 4.69) is 11.1 Å². The van der Waals surface area contributed by atoms with Crippen molar-refractivity contribution in [1.29, 1.82) is 5.26 Å². The molecule has 0 atom stereocenters. The first-order chi connectivity index (χ1) is 9.85. The third-order valence-electron chi connectivity index (χ3n) is 3.24. The summed E-state index contributed by atoms with van der Waals surface area (Å²) >= 11 is 0. The van der Waals surface area contributed by atoms with Gasteiger partial charge in [-0.05, 0) is 30.9 Å². The third-order valence-corrected chi connectivity index (χ3v) is 3.24. The van der Waals surface area contributed by atoms with Crippen LogP contribution in [0.25, 0.3) is 0 Å². The van der Waals surface area contributed by atoms with Crippen molar-refractivity contribution in [2.75, 3.05) is 33.5 Å². The van der Waals surface area contributed by atoms with Gasteiger partial charge in [0.05, 0.1) is 19.8 Å². The molecule has 1 aliphatic rings. The first-order valence-corrected chi connectivity index (χ1v) is 6.97. The molecule has 0 fully saturated rings. The van der Waals surface area contributed by atoms with Gasteiger partial charge < -0.3 is 14.2 Å². The molecule has 1 heterocycles. The van der Waals surface area contributed by atoms with Crippen LogP contribution in [0.15, 0.2) is 6.07 Å². The highest BCUT2D eigenvalue weighted by atomic mass is 16.5. The zero-order valence-electron chi connectivity index (χ0n) is 11.9. The van der Waals surface area contributed by atoms with Crippen LogP contribution >= 0.6 is 0 Å². The lowest BCUT2D eigenvalue weighted by atomic mass is 10.1. The van der Waals surface area contributed by atoms with Crippen LogP contribution < -0.4 is 4.74 Å². The van der Waals surface area contributed by atoms with Gasteiger partial charge in [0.2, 0.25) is 5.88 Å². The molecule has 0 amide bonds. The van der Waals surface area contributed by atoms with Crippen molar-refractivity contribution in [2.45, 2.75) is 25.7 Å². The first kappa shape index (κ1) is 14.8. The first-order valence-electron chi connectivity index (χ1n) is 6.97. The lowest BCUT2D eigenvalue weighted by molar-refractivity contribution is 0.0642. The van der Waals surface area contributed by atoms with Crippen LogP contribution in [0.4, 0.5) is 0 Å². The van der Waals surface area contributed by atoms with E-state index >= 15 is 0 Å². The number of hydrogen-bond donors (Lipinski definition) is 0. The van der Waals surface area contributed by atoms with E-state index in [4.69, 9.17) is 19.5 Å². The molecule has 1 aromatic rings. The fourth-order valence-electron chi connectivity index (χ4n) is 2.22. The minimum absolute atomic E-state index is 0.463. The molecule has 1 aliphatic carbocycles. The molecule has 0 aromatic carbocycles. The van der Waals surface area contributed by atoms with Gasteiger partial charge in [0.25, 0.3) is 0 Å². The zero-order valence-corrected chi connectivity index (χ0v) is 11.9. The molecular formula is C15H20N2O3. The minimum Gasteiger partial charge on any atom is -0.477 e. The fourth-order valence-corrected chi connectivity index (χ4v) is 2.22. The molecule has 1 aromatic heterocycles. The number of fused-ring (bicyclic) bond motifs is 1. The Morgan fingerprint density at radius 2 is 2.15 bits per heavy atom. The minimum atomic E-state index is 0.463. The number of rotatable bonds is 8. The maximum Gasteiger partial charge on any atom is 0.231 e. The van der Waals surface area contributed by atoms with E-state index in [-0.39, 0.29) is 0 Å². The number of nitriles is 1. The number of aromatic nitrogens is 1. The van der Waals surface area contributed by atoms with Crippen molar-refractivity contribution in [2.24, 2.45) is 0 Å². The highest BCUT2D eigenvalue weighted by Crippen LogP contribution is 2.26. The van der Waals surface area contributed by atoms with Gasteiger partial charge in [0.15, 0.2) is 0 Å². The van der Waals surface area contributed by atoms with E-state index in [0.29, 0.717) is 37.9 Å². The monoisotopic (exact) mass is 276 g/mol. The molecule has 0 saturated carbocycles. The summed E-state index contributed by atoms with van der Waals surface area (Å²) in [5, 5.41) is 9.14. The molecule has 5 heteroatoms. The lowest BCUT2D eigenvalue weighted by Crippen LogP contribution is -2.08. The molecule has 5 nitrogen and oxygen atoms in total. The second-order valence-electron chi connectivity index (χ2n) is 4.72. The summed E-state index contributed by atoms with van der Waals surface area (Å²) in [5.74, 6) is 0.463. The van der Waals surface area contributed by atoms with Crippen LogP contribution in [0, 0.1) is 11.3 Å². The Bertz CT molecular complexity index is 483. The van der Waals surface area contributed by atoms with Gasteiger partial charge in [-0.1, -0.05) is 0 Å². The van der Waals surface area contributed by atoms with Gasteiger partial charge in [0.1, 0.15) is 11.6 Å². The average molecular weight is 276 g/mol. The Morgan fingerprint density at radius 1 is 1.25 bits per heavy atom. The lowest BCUT2D eigenvalue weighted by Gasteiger charge is -2.09. The van der Waals surface area contributed by atoms with Crippen LogP contribution in [0.3, 0.4) is 0 Å². The maximum absolute atomic E-state index is 9.14. The van der Waals surface area contributed by atoms with Crippen LogP contribution in [0.2, 0.25) is 0 Å². The highest BCUT2D eigenvalue weighted by molar-refractivity contribution is 5.44. The SMILES string of the molecule is COCCOCCCOc1nc2c(cc1C#N)CCC2. The summed E-state index contributed by atoms with van der Waals surface area (Å²) < 4.78 is 15.9. The summed E-state index contributed by atoms with van der Waals surface area (Å²) in [6.07, 6.45) is 3.89. The quantitative estimate of drug-likeness (QED) is 0.678. The highest BCUT2D eigenvalue weighted by Gasteiger charge is 2.17. The summed E-state index contributed by atoms with van der Waals surface area (Å²) in [7, 11) is 1.65. The smallest absolute Gasteiger partial charge is 0.231 e. The molecule has 0 N–H and O–H groups in total. The zero-order chi connectivity index (χ0) is 14.2. The standard InChI is InChI=1S/C15H20N2O3/c1-18-8-9-19-6-3-7-20-15-13(11-16)10-12-4-2-5-14(12)17-15/h10H,2-9H2,1H3. The molecule has 0 bridgehead atoms. The van der Waals surface area contributed by atoms with Gasteiger partial charge in [-0.2, -0.15) is 5.26 Å². The fraction of sp³-hybridized carbons (Fsp3) is 0.600. The Kier molecular flexibility index (Phi) is 5.78. The van der Waals surface area contributed by atoms with E-state index < -0.39 is 0 Å². The van der Waals surface area contributed by atoms with E-state index in [9.17, 15) is 0 Å². The van der Waals surface area contributed by atoms with Crippen molar-refractivity contribution in [1.82, 2.24) is 4.98 Å². The van der Waals surface area contributed by atoms with Crippen molar-refractivity contribution >= 4 is 0 Å². The number of ether oxygens (including phenoxy) is 3. The predicted molar refractivity (Wildman–Crippen MR) is 73.8 cm³/mol. The normalized spacial score (nSPS) is 13.0. The second-order valence-corrected chi connectivity index (χ2v) is 4.72. The molecule has 0 unspecified atom stereocenters. The number of aryl methyl sites for hydroxylation is 2. The van der Waals surface area contributed by atoms with Crippen molar-refractivity contribution in [3.63, 3.8) is 0 Å². The molecule has 0 spiro atoms. The average Bonchev–Trinajstić information content (AvgIpc) is 2.92. The summed E-state index contributed by atoms with van der Waals surface area (Å²) in [5.41, 5.74) is 2.80. The van der Waals surface area contributed by atoms with Crippen molar-refractivity contribution in [3.05, 3.63) is 22.9 Å². The van der Waals surface area contributed by atoms with E-state index in [1.807, 2.05) is 6.07 Å². The molecule has 0 aliphatic heterocycles. The van der Waals surface area contributed by atoms with Crippen LogP contribution in [-0.4, -0.2) is 38.5 Å². The number of hydrogen-bond acceptors (Lipinski definition) is 5. The third kappa shape index (κ3) is 3.92. The molecule has 108 valence electrons. The Balaban J connectivity index is 1.79. The van der Waals surface area contributed by atoms with E-state index in [0.717, 1.165) is 31.4 Å². The summed E-state index contributed by atoms with van der Waals surface area (Å²) in [6, 6.07) is 4.08. The Labute approximate surface area is 119 Å². The number of nitrogens with zero attached hydrogens (tertiary/aromatic N) is 2. The van der Waals surface area contributed by atoms with Crippen LogP contribution in [0.5, 0.6) is 5.88 Å². The Morgan fingerprint density at radius 3 is 2.95 bits per heavy atom. The van der Waals surface area contributed by atoms with Gasteiger partial charge in [-0.3, -0.25) is 0 Å². The molecule has 0 radical (unpaired) electrons. The van der Waals surface area contributed by atoms with E-state index in [1.54, 1.807) is 7.11 Å². The van der Waals surface area contributed by atoms with Gasteiger partial charge in [-0.15, -0.1) is 0 Å². The van der Waals surface area contributed by atoms with Crippen molar-refractivity contribution in [3.8, 4) is 11.9 Å². The second kappa shape index (κ2) is 7.83. The Hall–Kier alpha value is -1.64. The van der Waals surface area contributed by atoms with Crippen molar-refractivity contribution < 1.29 is 14.2 Å². The van der Waals surface area contributed by atoms with Gasteiger partial charge in [-0.25, -0.2) is 4.98 Å². The van der Waals surface area contributed by atoms with Crippen LogP contribution in [-0.2, 0) is 22.3 Å². The molecule has 2 rings (SSSR count). The van der Waals surface area contributed by atoms with Gasteiger partial charge in [0, 0.05) is 25.8 Å². The molecule has 0 saturated heterocycles. The summed E-state index contributed by atoms with van der Waals surface area (Å²) in [4.78, 5) is 4.47. The number of methoxy groups -OCH3 is 1. The molecule has 20 heavy (non-hydrogen) atoms.